The van der Waals surface area contributed by atoms with E-state index in [1.807, 2.05) is 0 Å². The Balaban J connectivity index is 4.53. The molecule has 16 nitrogen and oxygen atoms in total. The summed E-state index contributed by atoms with van der Waals surface area (Å²) in [5.41, 5.74) is 0. The van der Waals surface area contributed by atoms with Crippen LogP contribution in [0.2, 0.25) is 0 Å². The van der Waals surface area contributed by atoms with Crippen molar-refractivity contribution in [3.63, 3.8) is 0 Å². The molecule has 494 valence electrons. The van der Waals surface area contributed by atoms with Crippen LogP contribution < -0.4 is 0 Å². The lowest BCUT2D eigenvalue weighted by molar-refractivity contribution is -0.161. The molecule has 0 heterocycles. The van der Waals surface area contributed by atoms with Crippen molar-refractivity contribution in [3.8, 4) is 0 Å². The third kappa shape index (κ3) is 62.4. The van der Waals surface area contributed by atoms with Crippen LogP contribution in [0.25, 0.3) is 0 Å². The van der Waals surface area contributed by atoms with Crippen molar-refractivity contribution in [2.24, 2.45) is 0 Å². The Hall–Kier alpha value is -3.01. The lowest BCUT2D eigenvalue weighted by Gasteiger charge is -2.21. The number of phosphoric ester groups is 2. The van der Waals surface area contributed by atoms with Gasteiger partial charge in [-0.05, 0) is 89.9 Å². The number of ether oxygens (including phenoxy) is 3. The van der Waals surface area contributed by atoms with E-state index in [9.17, 15) is 43.5 Å². The van der Waals surface area contributed by atoms with Crippen LogP contribution in [-0.4, -0.2) is 95.9 Å². The average Bonchev–Trinajstić information content (AvgIpc) is 3.60. The summed E-state index contributed by atoms with van der Waals surface area (Å²) in [6, 6.07) is 0. The van der Waals surface area contributed by atoms with Crippen LogP contribution in [0.3, 0.4) is 0 Å². The van der Waals surface area contributed by atoms with Gasteiger partial charge in [0.15, 0.2) is 6.10 Å². The monoisotopic (exact) mass is 1240 g/mol. The molecule has 0 aromatic carbocycles. The molecule has 0 radical (unpaired) electrons. The Morgan fingerprint density at radius 1 is 0.341 bits per heavy atom. The maximum Gasteiger partial charge on any atom is 0.472 e. The quantitative estimate of drug-likeness (QED) is 0.0146. The first-order valence-corrected chi connectivity index (χ1v) is 36.2. The Bertz CT molecular complexity index is 1850. The van der Waals surface area contributed by atoms with Gasteiger partial charge >= 0.3 is 33.6 Å². The van der Waals surface area contributed by atoms with Crippen LogP contribution in [0.4, 0.5) is 0 Å². The zero-order chi connectivity index (χ0) is 62.4. The Kier molecular flexibility index (Phi) is 59.1. The third-order valence-corrected chi connectivity index (χ3v) is 15.8. The van der Waals surface area contributed by atoms with E-state index in [1.165, 1.54) is 77.0 Å². The van der Waals surface area contributed by atoms with E-state index in [0.29, 0.717) is 19.3 Å². The molecule has 0 aromatic rings. The minimum atomic E-state index is -4.91. The van der Waals surface area contributed by atoms with Crippen LogP contribution in [0, 0.1) is 0 Å². The smallest absolute Gasteiger partial charge is 0.463 e. The molecule has 0 aromatic heterocycles. The number of hydrogen-bond acceptors (Lipinski definition) is 14. The van der Waals surface area contributed by atoms with Crippen molar-refractivity contribution in [2.75, 3.05) is 39.6 Å². The highest BCUT2D eigenvalue weighted by Crippen LogP contribution is 2.45. The standard InChI is InChI=1S/C67H120O16P2/c1-4-7-10-13-16-19-22-24-26-27-28-29-30-31-32-33-35-37-39-41-44-47-50-53-65(70)77-56-62(68)57-79-84(73,74)80-58-63(69)59-81-85(75,76)82-61-64(83-67(72)55-52-49-46-43-38-21-18-15-12-9-6-3)60-78-66(71)54-51-48-45-42-40-36-34-25-23-20-17-14-11-8-5-2/h7,10,16,19,24-26,28-29,31-32,34,62-64,68-69H,4-6,8-9,11-15,17-18,20-23,27,30,33,35-61H2,1-3H3,(H,73,74)(H,75,76)/b10-7-,19-16-,26-24-,29-28-,32-31-,34-25-. The maximum atomic E-state index is 12.8. The first-order chi connectivity index (χ1) is 41.2. The fraction of sp³-hybridized carbons (Fsp3) is 0.776. The summed E-state index contributed by atoms with van der Waals surface area (Å²) < 4.78 is 60.7. The van der Waals surface area contributed by atoms with Crippen molar-refractivity contribution < 1.29 is 75.8 Å². The van der Waals surface area contributed by atoms with Gasteiger partial charge in [-0.25, -0.2) is 9.13 Å². The molecule has 0 saturated heterocycles. The predicted octanol–water partition coefficient (Wildman–Crippen LogP) is 18.0. The summed E-state index contributed by atoms with van der Waals surface area (Å²) in [5.74, 6) is -1.59. The van der Waals surface area contributed by atoms with Crippen molar-refractivity contribution in [1.82, 2.24) is 0 Å². The Morgan fingerprint density at radius 2 is 0.624 bits per heavy atom. The van der Waals surface area contributed by atoms with Crippen molar-refractivity contribution in [2.45, 2.75) is 296 Å². The predicted molar refractivity (Wildman–Crippen MR) is 344 cm³/mol. The van der Waals surface area contributed by atoms with Gasteiger partial charge in [-0.3, -0.25) is 32.5 Å². The average molecular weight is 1240 g/mol. The van der Waals surface area contributed by atoms with Crippen LogP contribution >= 0.6 is 15.6 Å². The molecule has 0 aliphatic heterocycles. The zero-order valence-electron chi connectivity index (χ0n) is 53.3. The zero-order valence-corrected chi connectivity index (χ0v) is 55.1. The number of aliphatic hydroxyl groups excluding tert-OH is 2. The first kappa shape index (κ1) is 82.0. The number of allylic oxidation sites excluding steroid dienone is 12. The van der Waals surface area contributed by atoms with Crippen LogP contribution in [0.5, 0.6) is 0 Å². The lowest BCUT2D eigenvalue weighted by atomic mass is 10.1. The molecule has 5 unspecified atom stereocenters. The van der Waals surface area contributed by atoms with Gasteiger partial charge in [0, 0.05) is 19.3 Å². The summed E-state index contributed by atoms with van der Waals surface area (Å²) in [4.78, 5) is 58.2. The molecule has 18 heteroatoms. The molecule has 4 N–H and O–H groups in total. The van der Waals surface area contributed by atoms with Crippen LogP contribution in [0.15, 0.2) is 72.9 Å². The van der Waals surface area contributed by atoms with Gasteiger partial charge in [0.2, 0.25) is 0 Å². The molecule has 0 aliphatic carbocycles. The second kappa shape index (κ2) is 61.2. The van der Waals surface area contributed by atoms with E-state index in [2.05, 4.69) is 93.7 Å². The Morgan fingerprint density at radius 3 is 1.00 bits per heavy atom. The van der Waals surface area contributed by atoms with E-state index in [4.69, 9.17) is 32.3 Å². The summed E-state index contributed by atoms with van der Waals surface area (Å²) >= 11 is 0. The molecule has 0 rings (SSSR count). The van der Waals surface area contributed by atoms with Gasteiger partial charge < -0.3 is 34.2 Å². The number of rotatable bonds is 63. The summed E-state index contributed by atoms with van der Waals surface area (Å²) in [6.45, 7) is 2.53. The van der Waals surface area contributed by atoms with Gasteiger partial charge in [-0.15, -0.1) is 0 Å². The van der Waals surface area contributed by atoms with Gasteiger partial charge in [-0.2, -0.15) is 0 Å². The maximum absolute atomic E-state index is 12.8. The fourth-order valence-electron chi connectivity index (χ4n) is 8.83. The summed E-state index contributed by atoms with van der Waals surface area (Å²) in [5, 5.41) is 20.5. The molecule has 5 atom stereocenters. The second-order valence-corrected chi connectivity index (χ2v) is 25.2. The number of carbonyl (C=O) groups excluding carboxylic acids is 3. The molecule has 0 saturated carbocycles. The van der Waals surface area contributed by atoms with Crippen LogP contribution in [-0.2, 0) is 55.8 Å². The van der Waals surface area contributed by atoms with Crippen LogP contribution in [0.1, 0.15) is 278 Å². The topological polar surface area (TPSA) is 231 Å². The molecule has 0 amide bonds. The van der Waals surface area contributed by atoms with Gasteiger partial charge in [0.05, 0.1) is 26.4 Å². The summed E-state index contributed by atoms with van der Waals surface area (Å²) in [7, 11) is -9.76. The van der Waals surface area contributed by atoms with Crippen molar-refractivity contribution in [3.05, 3.63) is 72.9 Å². The number of esters is 3. The molecular weight excluding hydrogens is 1120 g/mol. The summed E-state index contributed by atoms with van der Waals surface area (Å²) in [6.07, 6.45) is 62.5. The molecule has 85 heavy (non-hydrogen) atoms. The second-order valence-electron chi connectivity index (χ2n) is 22.2. The largest absolute Gasteiger partial charge is 0.472 e. The number of hydrogen-bond donors (Lipinski definition) is 4. The van der Waals surface area contributed by atoms with Gasteiger partial charge in [-0.1, -0.05) is 241 Å². The van der Waals surface area contributed by atoms with Gasteiger partial charge in [0.1, 0.15) is 25.4 Å². The molecule has 0 fully saturated rings. The number of unbranched alkanes of at least 4 members (excludes halogenated alkanes) is 28. The van der Waals surface area contributed by atoms with E-state index in [1.54, 1.807) is 0 Å². The highest BCUT2D eigenvalue weighted by Gasteiger charge is 2.29. The minimum Gasteiger partial charge on any atom is -0.463 e. The highest BCUT2D eigenvalue weighted by molar-refractivity contribution is 7.47. The molecular formula is C67H120O16P2. The van der Waals surface area contributed by atoms with Crippen molar-refractivity contribution in [1.29, 1.82) is 0 Å². The van der Waals surface area contributed by atoms with Gasteiger partial charge in [0.25, 0.3) is 0 Å². The number of carbonyl (C=O) groups is 3. The molecule has 0 spiro atoms. The first-order valence-electron chi connectivity index (χ1n) is 33.2. The minimum absolute atomic E-state index is 0.107. The lowest BCUT2D eigenvalue weighted by Crippen LogP contribution is -2.30. The van der Waals surface area contributed by atoms with E-state index < -0.39 is 91.5 Å². The van der Waals surface area contributed by atoms with E-state index in [0.717, 1.165) is 141 Å². The number of phosphoric acid groups is 2. The Labute approximate surface area is 515 Å². The van der Waals surface area contributed by atoms with E-state index in [-0.39, 0.29) is 19.3 Å². The van der Waals surface area contributed by atoms with Crippen molar-refractivity contribution >= 4 is 33.6 Å². The SMILES string of the molecule is CC/C=C\C/C=C\C/C=C\C/C=C\C/C=C\CCCCCCCCCC(=O)OCC(O)COP(=O)(O)OCC(O)COP(=O)(O)OCC(COC(=O)CCCCCCC/C=C\CCCCCCCC)OC(=O)CCCCCCCCCCCCC. The molecule has 0 aliphatic rings. The molecule has 0 bridgehead atoms. The highest BCUT2D eigenvalue weighted by atomic mass is 31.2. The third-order valence-electron chi connectivity index (χ3n) is 13.9. The number of aliphatic hydroxyl groups is 2. The fourth-order valence-corrected chi connectivity index (χ4v) is 10.4. The van der Waals surface area contributed by atoms with E-state index >= 15 is 0 Å². The normalized spacial score (nSPS) is 14.8.